The fraction of sp³-hybridized carbons (Fsp3) is 0.478. The van der Waals surface area contributed by atoms with Crippen LogP contribution in [0.4, 0.5) is 0 Å². The second kappa shape index (κ2) is 9.17. The summed E-state index contributed by atoms with van der Waals surface area (Å²) in [6, 6.07) is 15.2. The number of nitrogens with two attached hydrogens (primary N) is 1. The van der Waals surface area contributed by atoms with Crippen molar-refractivity contribution in [3.63, 3.8) is 0 Å². The normalized spacial score (nSPS) is 24.2. The first-order valence-corrected chi connectivity index (χ1v) is 10.2. The summed E-state index contributed by atoms with van der Waals surface area (Å²) in [6.07, 6.45) is 4.46. The molecule has 1 fully saturated rings. The van der Waals surface area contributed by atoms with Gasteiger partial charge in [-0.05, 0) is 62.3 Å². The lowest BCUT2D eigenvalue weighted by atomic mass is 9.81. The Labute approximate surface area is 174 Å². The number of fused-ring (bicyclic) bond motifs is 1. The zero-order valence-electron chi connectivity index (χ0n) is 16.8. The van der Waals surface area contributed by atoms with Gasteiger partial charge < -0.3 is 9.47 Å². The van der Waals surface area contributed by atoms with Crippen LogP contribution in [0.1, 0.15) is 49.4 Å². The third kappa shape index (κ3) is 4.29. The maximum Gasteiger partial charge on any atom is 0.126 e. The lowest BCUT2D eigenvalue weighted by Crippen LogP contribution is -2.44. The first-order chi connectivity index (χ1) is 13.2. The molecule has 0 saturated carbocycles. The topological polar surface area (TPSA) is 47.7 Å². The lowest BCUT2D eigenvalue weighted by molar-refractivity contribution is 0.0920. The minimum atomic E-state index is 0. The molecule has 28 heavy (non-hydrogen) atoms. The summed E-state index contributed by atoms with van der Waals surface area (Å²) in [5, 5.41) is 2.03. The summed E-state index contributed by atoms with van der Waals surface area (Å²) in [4.78, 5) is 0. The van der Waals surface area contributed by atoms with Crippen molar-refractivity contribution >= 4 is 12.4 Å². The number of hydrogen-bond donors (Lipinski definition) is 1. The van der Waals surface area contributed by atoms with Gasteiger partial charge in [-0.25, -0.2) is 5.01 Å². The van der Waals surface area contributed by atoms with Gasteiger partial charge in [-0.3, -0.25) is 5.84 Å². The molecule has 5 heteroatoms. The van der Waals surface area contributed by atoms with Crippen LogP contribution in [0.15, 0.2) is 42.5 Å². The molecule has 2 aromatic rings. The van der Waals surface area contributed by atoms with Crippen molar-refractivity contribution < 1.29 is 9.47 Å². The van der Waals surface area contributed by atoms with E-state index in [2.05, 4.69) is 49.4 Å². The van der Waals surface area contributed by atoms with Gasteiger partial charge in [0, 0.05) is 18.5 Å². The van der Waals surface area contributed by atoms with Crippen LogP contribution in [0, 0.1) is 5.92 Å². The zero-order valence-corrected chi connectivity index (χ0v) is 17.6. The Balaban J connectivity index is 0.00000225. The number of hydrogen-bond acceptors (Lipinski definition) is 4. The molecule has 1 saturated heterocycles. The first kappa shape index (κ1) is 21.0. The van der Waals surface area contributed by atoms with Crippen molar-refractivity contribution in [3.05, 3.63) is 59.2 Å². The number of nitrogens with zero attached hydrogens (tertiary/aromatic N) is 1. The summed E-state index contributed by atoms with van der Waals surface area (Å²) < 4.78 is 12.0. The highest BCUT2D eigenvalue weighted by Crippen LogP contribution is 2.42. The average Bonchev–Trinajstić information content (AvgIpc) is 3.03. The molecule has 0 aliphatic carbocycles. The summed E-state index contributed by atoms with van der Waals surface area (Å²) in [6.45, 7) is 5.80. The van der Waals surface area contributed by atoms with Crippen molar-refractivity contribution in [3.8, 4) is 11.5 Å². The smallest absolute Gasteiger partial charge is 0.126 e. The van der Waals surface area contributed by atoms with Gasteiger partial charge in [0.25, 0.3) is 0 Å². The lowest BCUT2D eigenvalue weighted by Gasteiger charge is -2.39. The fourth-order valence-corrected chi connectivity index (χ4v) is 4.69. The van der Waals surface area contributed by atoms with E-state index in [0.29, 0.717) is 12.5 Å². The van der Waals surface area contributed by atoms with Crippen LogP contribution in [0.25, 0.3) is 0 Å². The summed E-state index contributed by atoms with van der Waals surface area (Å²) >= 11 is 0. The number of benzene rings is 2. The highest BCUT2D eigenvalue weighted by Gasteiger charge is 2.33. The van der Waals surface area contributed by atoms with Crippen molar-refractivity contribution in [2.45, 2.75) is 51.7 Å². The van der Waals surface area contributed by atoms with Crippen LogP contribution < -0.4 is 15.3 Å². The van der Waals surface area contributed by atoms with E-state index in [1.807, 2.05) is 11.9 Å². The standard InChI is InChI=1S/C23H30N2O2.ClH/c1-3-26-21-14-19-12-16(2)27-23(19)20(15-21)13-18-10-7-11-25(24)22(18)17-8-5-4-6-9-17;/h4-6,8-9,14-16,18,22H,3,7,10-13,24H2,1-2H3;1H/t16?,18-,22+;/m0./s1. The molecule has 3 atom stereocenters. The molecule has 2 aliphatic rings. The minimum absolute atomic E-state index is 0. The SMILES string of the molecule is CCOc1cc2c(c(C[C@@H]3CCCN(N)[C@@H]3c3ccccc3)c1)OC(C)C2.Cl. The second-order valence-corrected chi connectivity index (χ2v) is 7.84. The highest BCUT2D eigenvalue weighted by atomic mass is 35.5. The number of halogens is 1. The van der Waals surface area contributed by atoms with Crippen LogP contribution in [-0.2, 0) is 12.8 Å². The van der Waals surface area contributed by atoms with Gasteiger partial charge in [-0.2, -0.15) is 0 Å². The van der Waals surface area contributed by atoms with Crippen molar-refractivity contribution in [2.24, 2.45) is 11.8 Å². The van der Waals surface area contributed by atoms with Crippen LogP contribution in [0.5, 0.6) is 11.5 Å². The third-order valence-corrected chi connectivity index (χ3v) is 5.77. The summed E-state index contributed by atoms with van der Waals surface area (Å²) in [7, 11) is 0. The largest absolute Gasteiger partial charge is 0.494 e. The maximum atomic E-state index is 6.44. The van der Waals surface area contributed by atoms with Gasteiger partial charge in [0.05, 0.1) is 12.6 Å². The number of hydrazine groups is 1. The minimum Gasteiger partial charge on any atom is -0.494 e. The maximum absolute atomic E-state index is 6.44. The van der Waals surface area contributed by atoms with Gasteiger partial charge in [-0.15, -0.1) is 12.4 Å². The molecule has 0 aromatic heterocycles. The molecule has 0 amide bonds. The van der Waals surface area contributed by atoms with Crippen molar-refractivity contribution in [2.75, 3.05) is 13.2 Å². The molecular formula is C23H31ClN2O2. The van der Waals surface area contributed by atoms with E-state index in [1.54, 1.807) is 0 Å². The van der Waals surface area contributed by atoms with E-state index < -0.39 is 0 Å². The molecule has 2 aliphatic heterocycles. The molecule has 0 radical (unpaired) electrons. The van der Waals surface area contributed by atoms with E-state index in [-0.39, 0.29) is 24.6 Å². The van der Waals surface area contributed by atoms with Crippen LogP contribution in [-0.4, -0.2) is 24.3 Å². The Morgan fingerprint density at radius 1 is 1.21 bits per heavy atom. The molecule has 2 aromatic carbocycles. The average molecular weight is 403 g/mol. The van der Waals surface area contributed by atoms with E-state index in [4.69, 9.17) is 15.3 Å². The Hall–Kier alpha value is -1.75. The van der Waals surface area contributed by atoms with Crippen LogP contribution in [0.3, 0.4) is 0 Å². The first-order valence-electron chi connectivity index (χ1n) is 10.2. The number of piperidine rings is 1. The van der Waals surface area contributed by atoms with Crippen molar-refractivity contribution in [1.82, 2.24) is 5.01 Å². The molecule has 2 heterocycles. The predicted molar refractivity (Wildman–Crippen MR) is 115 cm³/mol. The highest BCUT2D eigenvalue weighted by molar-refractivity contribution is 5.85. The van der Waals surface area contributed by atoms with Gasteiger partial charge in [-0.1, -0.05) is 30.3 Å². The monoisotopic (exact) mass is 402 g/mol. The third-order valence-electron chi connectivity index (χ3n) is 5.77. The van der Waals surface area contributed by atoms with Gasteiger partial charge >= 0.3 is 0 Å². The van der Waals surface area contributed by atoms with E-state index in [1.165, 1.54) is 23.1 Å². The Kier molecular flexibility index (Phi) is 6.86. The second-order valence-electron chi connectivity index (χ2n) is 7.84. The van der Waals surface area contributed by atoms with Crippen LogP contribution in [0.2, 0.25) is 0 Å². The van der Waals surface area contributed by atoms with Gasteiger partial charge in [0.15, 0.2) is 0 Å². The molecule has 0 spiro atoms. The Bertz CT molecular complexity index is 784. The van der Waals surface area contributed by atoms with Crippen LogP contribution >= 0.6 is 12.4 Å². The molecule has 4 nitrogen and oxygen atoms in total. The fourth-order valence-electron chi connectivity index (χ4n) is 4.69. The predicted octanol–water partition coefficient (Wildman–Crippen LogP) is 4.70. The summed E-state index contributed by atoms with van der Waals surface area (Å²) in [5.41, 5.74) is 3.85. The molecule has 2 N–H and O–H groups in total. The number of ether oxygens (including phenoxy) is 2. The Morgan fingerprint density at radius 3 is 2.75 bits per heavy atom. The van der Waals surface area contributed by atoms with Gasteiger partial charge in [0.1, 0.15) is 17.6 Å². The van der Waals surface area contributed by atoms with Crippen molar-refractivity contribution in [1.29, 1.82) is 0 Å². The molecule has 1 unspecified atom stereocenters. The van der Waals surface area contributed by atoms with Gasteiger partial charge in [0.2, 0.25) is 0 Å². The van der Waals surface area contributed by atoms with E-state index in [0.717, 1.165) is 37.3 Å². The van der Waals surface area contributed by atoms with E-state index >= 15 is 0 Å². The summed E-state index contributed by atoms with van der Waals surface area (Å²) in [5.74, 6) is 8.94. The quantitative estimate of drug-likeness (QED) is 0.736. The molecule has 4 rings (SSSR count). The molecule has 152 valence electrons. The van der Waals surface area contributed by atoms with E-state index in [9.17, 15) is 0 Å². The Morgan fingerprint density at radius 2 is 2.00 bits per heavy atom. The molecular weight excluding hydrogens is 372 g/mol. The number of rotatable bonds is 5. The molecule has 0 bridgehead atoms. The zero-order chi connectivity index (χ0) is 18.8.